The second kappa shape index (κ2) is 4.56. The molecule has 0 spiro atoms. The van der Waals surface area contributed by atoms with Crippen LogP contribution in [0.25, 0.3) is 0 Å². The van der Waals surface area contributed by atoms with Crippen molar-refractivity contribution in [3.8, 4) is 0 Å². The summed E-state index contributed by atoms with van der Waals surface area (Å²) in [5.41, 5.74) is 4.16. The second-order valence-electron chi connectivity index (χ2n) is 5.76. The summed E-state index contributed by atoms with van der Waals surface area (Å²) in [6, 6.07) is 6.15. The van der Waals surface area contributed by atoms with Crippen LogP contribution in [0.5, 0.6) is 0 Å². The molecule has 0 radical (unpaired) electrons. The Morgan fingerprint density at radius 1 is 1.44 bits per heavy atom. The maximum absolute atomic E-state index is 11.6. The molecule has 2 N–H and O–H groups in total. The van der Waals surface area contributed by atoms with Gasteiger partial charge >= 0.3 is 0 Å². The van der Waals surface area contributed by atoms with Crippen LogP contribution in [0.2, 0.25) is 0 Å². The van der Waals surface area contributed by atoms with Crippen molar-refractivity contribution in [2.45, 2.75) is 45.4 Å². The van der Waals surface area contributed by atoms with E-state index in [0.717, 1.165) is 12.1 Å². The fourth-order valence-corrected chi connectivity index (χ4v) is 2.53. The monoisotopic (exact) mass is 244 g/mol. The Bertz CT molecular complexity index is 503. The topological polar surface area (TPSA) is 53.0 Å². The molecule has 0 atom stereocenters. The number of benzene rings is 1. The Morgan fingerprint density at radius 3 is 2.83 bits per heavy atom. The fraction of sp³-hybridized carbons (Fsp3) is 0.467. The Morgan fingerprint density at radius 2 is 2.17 bits per heavy atom. The summed E-state index contributed by atoms with van der Waals surface area (Å²) in [7, 11) is 0. The lowest BCUT2D eigenvalue weighted by Crippen LogP contribution is -2.16. The van der Waals surface area contributed by atoms with E-state index in [1.807, 2.05) is 6.07 Å². The van der Waals surface area contributed by atoms with Gasteiger partial charge in [-0.15, -0.1) is 0 Å². The molecule has 2 rings (SSSR count). The third kappa shape index (κ3) is 2.61. The number of hydrogen-bond acceptors (Lipinski definition) is 2. The number of rotatable bonds is 3. The number of anilines is 1. The van der Waals surface area contributed by atoms with Gasteiger partial charge in [-0.3, -0.25) is 4.79 Å². The summed E-state index contributed by atoms with van der Waals surface area (Å²) < 4.78 is 0. The van der Waals surface area contributed by atoms with Crippen molar-refractivity contribution >= 4 is 17.3 Å². The summed E-state index contributed by atoms with van der Waals surface area (Å²) in [5, 5.41) is 10.2. The van der Waals surface area contributed by atoms with E-state index in [1.54, 1.807) is 6.92 Å². The molecule has 0 unspecified atom stereocenters. The van der Waals surface area contributed by atoms with Crippen LogP contribution in [-0.4, -0.2) is 11.6 Å². The minimum absolute atomic E-state index is 0.113. The number of hydrogen-bond donors (Lipinski definition) is 2. The van der Waals surface area contributed by atoms with Crippen molar-refractivity contribution in [2.24, 2.45) is 0 Å². The number of fused-ring (bicyclic) bond motifs is 1. The van der Waals surface area contributed by atoms with Gasteiger partial charge in [0.25, 0.3) is 0 Å². The van der Waals surface area contributed by atoms with Crippen molar-refractivity contribution in [2.75, 3.05) is 5.32 Å². The van der Waals surface area contributed by atoms with E-state index in [-0.39, 0.29) is 17.7 Å². The normalized spacial score (nSPS) is 16.2. The molecule has 0 aromatic heterocycles. The molecule has 0 bridgehead atoms. The van der Waals surface area contributed by atoms with E-state index in [9.17, 15) is 4.79 Å². The first-order chi connectivity index (χ1) is 8.38. The van der Waals surface area contributed by atoms with Crippen LogP contribution in [0.3, 0.4) is 0 Å². The van der Waals surface area contributed by atoms with Gasteiger partial charge < -0.3 is 10.7 Å². The molecule has 1 aliphatic rings. The highest BCUT2D eigenvalue weighted by Gasteiger charge is 2.29. The Hall–Kier alpha value is -1.64. The van der Waals surface area contributed by atoms with Crippen LogP contribution in [0.4, 0.5) is 5.69 Å². The van der Waals surface area contributed by atoms with Crippen LogP contribution in [-0.2, 0) is 16.6 Å². The van der Waals surface area contributed by atoms with Crippen LogP contribution in [0.15, 0.2) is 18.2 Å². The molecule has 1 aromatic rings. The van der Waals surface area contributed by atoms with E-state index in [4.69, 9.17) is 5.41 Å². The zero-order valence-corrected chi connectivity index (χ0v) is 11.3. The summed E-state index contributed by atoms with van der Waals surface area (Å²) in [4.78, 5) is 11.6. The molecule has 3 heteroatoms. The summed E-state index contributed by atoms with van der Waals surface area (Å²) >= 11 is 0. The first-order valence-electron chi connectivity index (χ1n) is 6.36. The van der Waals surface area contributed by atoms with Crippen LogP contribution in [0, 0.1) is 5.41 Å². The average molecular weight is 244 g/mol. The number of carbonyl (C=O) groups excluding carboxylic acids is 1. The molecule has 1 aliphatic carbocycles. The van der Waals surface area contributed by atoms with Gasteiger partial charge in [0, 0.05) is 11.4 Å². The molecule has 0 heterocycles. The molecule has 0 saturated carbocycles. The van der Waals surface area contributed by atoms with Crippen molar-refractivity contribution < 1.29 is 4.79 Å². The van der Waals surface area contributed by atoms with E-state index in [0.29, 0.717) is 5.71 Å². The molecule has 0 saturated heterocycles. The maximum Gasteiger partial charge on any atom is 0.230 e. The zero-order chi connectivity index (χ0) is 13.3. The lowest BCUT2D eigenvalue weighted by atomic mass is 9.86. The number of nitrogens with one attached hydrogen (secondary N) is 2. The van der Waals surface area contributed by atoms with Gasteiger partial charge in [0.1, 0.15) is 0 Å². The molecule has 18 heavy (non-hydrogen) atoms. The predicted molar refractivity (Wildman–Crippen MR) is 74.4 cm³/mol. The highest BCUT2D eigenvalue weighted by molar-refractivity contribution is 6.04. The molecule has 1 aromatic carbocycles. The fourth-order valence-electron chi connectivity index (χ4n) is 2.53. The van der Waals surface area contributed by atoms with Gasteiger partial charge in [-0.05, 0) is 48.4 Å². The van der Waals surface area contributed by atoms with E-state index in [1.165, 1.54) is 17.5 Å². The molecule has 0 aliphatic heterocycles. The van der Waals surface area contributed by atoms with Gasteiger partial charge in [-0.25, -0.2) is 0 Å². The van der Waals surface area contributed by atoms with E-state index >= 15 is 0 Å². The number of amides is 1. The standard InChI is InChI=1S/C15H20N2O/c1-10(16)8-14(18)17-12-5-4-11-6-7-15(2,3)13(11)9-12/h4-5,9,16H,6-8H2,1-3H3,(H,17,18). The van der Waals surface area contributed by atoms with Crippen LogP contribution < -0.4 is 5.32 Å². The average Bonchev–Trinajstić information content (AvgIpc) is 2.54. The third-order valence-corrected chi connectivity index (χ3v) is 3.57. The number of carbonyl (C=O) groups is 1. The van der Waals surface area contributed by atoms with Crippen molar-refractivity contribution in [1.82, 2.24) is 0 Å². The molecule has 1 amide bonds. The summed E-state index contributed by atoms with van der Waals surface area (Å²) in [5.74, 6) is -0.113. The quantitative estimate of drug-likeness (QED) is 0.788. The first-order valence-corrected chi connectivity index (χ1v) is 6.36. The molecular formula is C15H20N2O. The van der Waals surface area contributed by atoms with Gasteiger partial charge in [-0.2, -0.15) is 0 Å². The SMILES string of the molecule is CC(=N)CC(=O)Nc1ccc2c(c1)C(C)(C)CC2. The first kappa shape index (κ1) is 12.8. The Balaban J connectivity index is 2.17. The van der Waals surface area contributed by atoms with Crippen LogP contribution >= 0.6 is 0 Å². The predicted octanol–water partition coefficient (Wildman–Crippen LogP) is 3.28. The van der Waals surface area contributed by atoms with Crippen molar-refractivity contribution in [3.63, 3.8) is 0 Å². The maximum atomic E-state index is 11.6. The van der Waals surface area contributed by atoms with Gasteiger partial charge in [0.2, 0.25) is 5.91 Å². The Kier molecular flexibility index (Phi) is 3.24. The molecule has 3 nitrogen and oxygen atoms in total. The lowest BCUT2D eigenvalue weighted by Gasteiger charge is -2.19. The second-order valence-corrected chi connectivity index (χ2v) is 5.76. The largest absolute Gasteiger partial charge is 0.326 e. The van der Waals surface area contributed by atoms with Crippen molar-refractivity contribution in [3.05, 3.63) is 29.3 Å². The van der Waals surface area contributed by atoms with Gasteiger partial charge in [0.05, 0.1) is 6.42 Å². The summed E-state index contributed by atoms with van der Waals surface area (Å²) in [6.45, 7) is 6.13. The van der Waals surface area contributed by atoms with Crippen LogP contribution in [0.1, 0.15) is 44.7 Å². The van der Waals surface area contributed by atoms with Gasteiger partial charge in [-0.1, -0.05) is 19.9 Å². The summed E-state index contributed by atoms with van der Waals surface area (Å²) in [6.07, 6.45) is 2.45. The third-order valence-electron chi connectivity index (χ3n) is 3.57. The highest BCUT2D eigenvalue weighted by atomic mass is 16.1. The highest BCUT2D eigenvalue weighted by Crippen LogP contribution is 2.39. The zero-order valence-electron chi connectivity index (χ0n) is 11.3. The molecular weight excluding hydrogens is 224 g/mol. The lowest BCUT2D eigenvalue weighted by molar-refractivity contribution is -0.115. The minimum atomic E-state index is -0.113. The smallest absolute Gasteiger partial charge is 0.230 e. The molecule has 96 valence electrons. The van der Waals surface area contributed by atoms with Gasteiger partial charge in [0.15, 0.2) is 0 Å². The Labute approximate surface area is 108 Å². The molecule has 0 fully saturated rings. The minimum Gasteiger partial charge on any atom is -0.326 e. The van der Waals surface area contributed by atoms with E-state index < -0.39 is 0 Å². The number of aryl methyl sites for hydroxylation is 1. The van der Waals surface area contributed by atoms with Crippen molar-refractivity contribution in [1.29, 1.82) is 5.41 Å². The van der Waals surface area contributed by atoms with E-state index in [2.05, 4.69) is 31.3 Å².